The smallest absolute Gasteiger partial charge is 0.125 e. The van der Waals surface area contributed by atoms with E-state index in [-0.39, 0.29) is 5.75 Å². The molecule has 0 aromatic heterocycles. The van der Waals surface area contributed by atoms with Crippen LogP contribution in [0.1, 0.15) is 43.7 Å². The maximum absolute atomic E-state index is 9.82. The highest BCUT2D eigenvalue weighted by molar-refractivity contribution is 6.30. The molecule has 3 nitrogen and oxygen atoms in total. The summed E-state index contributed by atoms with van der Waals surface area (Å²) in [5.74, 6) is 0.102. The Labute approximate surface area is 124 Å². The second-order valence-corrected chi connectivity index (χ2v) is 5.51. The molecule has 4 heteroatoms. The van der Waals surface area contributed by atoms with Gasteiger partial charge in [0.2, 0.25) is 0 Å². The van der Waals surface area contributed by atoms with Crippen molar-refractivity contribution in [3.8, 4) is 11.8 Å². The molecule has 1 aliphatic carbocycles. The highest BCUT2D eigenvalue weighted by Crippen LogP contribution is 2.27. The summed E-state index contributed by atoms with van der Waals surface area (Å²) in [5.41, 5.74) is 2.01. The fourth-order valence-corrected chi connectivity index (χ4v) is 2.67. The van der Waals surface area contributed by atoms with Gasteiger partial charge in [0.1, 0.15) is 11.8 Å². The van der Waals surface area contributed by atoms with Crippen molar-refractivity contribution in [3.05, 3.63) is 40.4 Å². The molecule has 20 heavy (non-hydrogen) atoms. The summed E-state index contributed by atoms with van der Waals surface area (Å²) >= 11 is 5.92. The predicted molar refractivity (Wildman–Crippen MR) is 80.6 cm³/mol. The van der Waals surface area contributed by atoms with E-state index in [2.05, 4.69) is 17.5 Å². The van der Waals surface area contributed by atoms with Crippen LogP contribution in [0.25, 0.3) is 0 Å². The van der Waals surface area contributed by atoms with Crippen molar-refractivity contribution in [3.63, 3.8) is 0 Å². The van der Waals surface area contributed by atoms with Crippen molar-refractivity contribution in [1.82, 2.24) is 5.32 Å². The van der Waals surface area contributed by atoms with Gasteiger partial charge in [-0.3, -0.25) is 5.32 Å². The van der Waals surface area contributed by atoms with Crippen LogP contribution in [0.3, 0.4) is 0 Å². The topological polar surface area (TPSA) is 56.0 Å². The number of halogens is 1. The molecular weight excluding hydrogens is 272 g/mol. The Morgan fingerprint density at radius 1 is 1.40 bits per heavy atom. The largest absolute Gasteiger partial charge is 0.508 e. The van der Waals surface area contributed by atoms with Gasteiger partial charge in [0.25, 0.3) is 0 Å². The lowest BCUT2D eigenvalue weighted by Crippen LogP contribution is -2.21. The average molecular weight is 291 g/mol. The lowest BCUT2D eigenvalue weighted by molar-refractivity contribution is 0.459. The van der Waals surface area contributed by atoms with Crippen LogP contribution in [-0.2, 0) is 0 Å². The van der Waals surface area contributed by atoms with E-state index >= 15 is 0 Å². The molecule has 106 valence electrons. The first-order valence-electron chi connectivity index (χ1n) is 7.00. The summed E-state index contributed by atoms with van der Waals surface area (Å²) < 4.78 is 0. The van der Waals surface area contributed by atoms with E-state index in [1.807, 2.05) is 0 Å². The average Bonchev–Trinajstić information content (AvgIpc) is 2.48. The van der Waals surface area contributed by atoms with Crippen LogP contribution in [0.2, 0.25) is 5.02 Å². The molecule has 0 fully saturated rings. The van der Waals surface area contributed by atoms with Crippen LogP contribution in [0.4, 0.5) is 0 Å². The van der Waals surface area contributed by atoms with E-state index in [0.717, 1.165) is 13.0 Å². The zero-order valence-corrected chi connectivity index (χ0v) is 12.2. The number of benzene rings is 1. The molecule has 0 aliphatic heterocycles. The molecule has 1 aromatic rings. The van der Waals surface area contributed by atoms with Crippen LogP contribution in [0.15, 0.2) is 29.8 Å². The minimum absolute atomic E-state index is 0.102. The first-order valence-corrected chi connectivity index (χ1v) is 7.38. The molecule has 1 aromatic carbocycles. The highest BCUT2D eigenvalue weighted by Gasteiger charge is 2.15. The second-order valence-electron chi connectivity index (χ2n) is 5.08. The first-order chi connectivity index (χ1) is 9.70. The molecule has 0 amide bonds. The van der Waals surface area contributed by atoms with Crippen molar-refractivity contribution < 1.29 is 5.11 Å². The van der Waals surface area contributed by atoms with Gasteiger partial charge in [-0.15, -0.1) is 0 Å². The van der Waals surface area contributed by atoms with Crippen molar-refractivity contribution in [2.75, 3.05) is 6.54 Å². The summed E-state index contributed by atoms with van der Waals surface area (Å²) in [7, 11) is 0. The van der Waals surface area contributed by atoms with Gasteiger partial charge in [-0.25, -0.2) is 0 Å². The first kappa shape index (κ1) is 14.9. The number of nitrogens with zero attached hydrogens (tertiary/aromatic N) is 1. The van der Waals surface area contributed by atoms with Crippen molar-refractivity contribution in [1.29, 1.82) is 5.26 Å². The maximum atomic E-state index is 9.82. The van der Waals surface area contributed by atoms with Crippen LogP contribution < -0.4 is 5.32 Å². The Balaban J connectivity index is 1.94. The maximum Gasteiger partial charge on any atom is 0.125 e. The van der Waals surface area contributed by atoms with Crippen molar-refractivity contribution >= 4 is 11.6 Å². The lowest BCUT2D eigenvalue weighted by Gasteiger charge is -2.16. The molecule has 0 spiro atoms. The van der Waals surface area contributed by atoms with Crippen LogP contribution in [0, 0.1) is 11.3 Å². The van der Waals surface area contributed by atoms with Gasteiger partial charge in [0, 0.05) is 17.1 Å². The number of nitriles is 1. The molecule has 0 radical (unpaired) electrons. The number of allylic oxidation sites excluding steroid dienone is 1. The highest BCUT2D eigenvalue weighted by atomic mass is 35.5. The molecule has 2 N–H and O–H groups in total. The monoisotopic (exact) mass is 290 g/mol. The van der Waals surface area contributed by atoms with Gasteiger partial charge >= 0.3 is 0 Å². The lowest BCUT2D eigenvalue weighted by atomic mass is 9.97. The van der Waals surface area contributed by atoms with Crippen molar-refractivity contribution in [2.45, 2.75) is 38.1 Å². The number of nitrogens with one attached hydrogen (secondary N) is 1. The number of rotatable bonds is 5. The fraction of sp³-hybridized carbons (Fsp3) is 0.438. The quantitative estimate of drug-likeness (QED) is 0.803. The zero-order chi connectivity index (χ0) is 14.4. The van der Waals surface area contributed by atoms with Gasteiger partial charge in [-0.2, -0.15) is 5.26 Å². The Morgan fingerprint density at radius 3 is 2.95 bits per heavy atom. The van der Waals surface area contributed by atoms with E-state index in [9.17, 15) is 10.4 Å². The van der Waals surface area contributed by atoms with Gasteiger partial charge in [-0.05, 0) is 50.3 Å². The third-order valence-corrected chi connectivity index (χ3v) is 3.84. The van der Waals surface area contributed by atoms with Crippen LogP contribution in [-0.4, -0.2) is 11.7 Å². The molecule has 0 bridgehead atoms. The van der Waals surface area contributed by atoms with E-state index in [0.29, 0.717) is 10.6 Å². The molecule has 0 saturated heterocycles. The third-order valence-electron chi connectivity index (χ3n) is 3.61. The van der Waals surface area contributed by atoms with E-state index in [1.165, 1.54) is 37.3 Å². The Morgan fingerprint density at radius 2 is 2.25 bits per heavy atom. The minimum atomic E-state index is -0.530. The zero-order valence-electron chi connectivity index (χ0n) is 11.4. The summed E-state index contributed by atoms with van der Waals surface area (Å²) in [5, 5.41) is 22.8. The Kier molecular flexibility index (Phi) is 5.46. The molecule has 2 rings (SSSR count). The van der Waals surface area contributed by atoms with Crippen LogP contribution in [0.5, 0.6) is 5.75 Å². The SMILES string of the molecule is N#CC(NCCC1=CCCCC1)c1cc(Cl)ccc1O. The molecule has 1 atom stereocenters. The third kappa shape index (κ3) is 4.00. The number of phenols is 1. The number of hydrogen-bond donors (Lipinski definition) is 2. The Bertz CT molecular complexity index is 534. The van der Waals surface area contributed by atoms with Gasteiger partial charge in [0.15, 0.2) is 0 Å². The minimum Gasteiger partial charge on any atom is -0.508 e. The Hall–Kier alpha value is -1.50. The number of hydrogen-bond acceptors (Lipinski definition) is 3. The molecule has 1 unspecified atom stereocenters. The predicted octanol–water partition coefficient (Wildman–Crippen LogP) is 4.09. The van der Waals surface area contributed by atoms with E-state index < -0.39 is 6.04 Å². The summed E-state index contributed by atoms with van der Waals surface area (Å²) in [6, 6.07) is 6.42. The molecule has 0 saturated carbocycles. The van der Waals surface area contributed by atoms with Gasteiger partial charge in [0.05, 0.1) is 6.07 Å². The fourth-order valence-electron chi connectivity index (χ4n) is 2.49. The molecular formula is C16H19ClN2O. The number of phenolic OH excluding ortho intramolecular Hbond substituents is 1. The van der Waals surface area contributed by atoms with E-state index in [1.54, 1.807) is 12.1 Å². The molecule has 1 aliphatic rings. The summed E-state index contributed by atoms with van der Waals surface area (Å²) in [6.45, 7) is 0.732. The van der Waals surface area contributed by atoms with Gasteiger partial charge in [-0.1, -0.05) is 23.3 Å². The normalized spacial score (nSPS) is 16.3. The summed E-state index contributed by atoms with van der Waals surface area (Å²) in [4.78, 5) is 0. The van der Waals surface area contributed by atoms with Gasteiger partial charge < -0.3 is 5.11 Å². The van der Waals surface area contributed by atoms with E-state index in [4.69, 9.17) is 11.6 Å². The summed E-state index contributed by atoms with van der Waals surface area (Å²) in [6.07, 6.45) is 8.16. The van der Waals surface area contributed by atoms with Crippen molar-refractivity contribution in [2.24, 2.45) is 0 Å². The van der Waals surface area contributed by atoms with Crippen LogP contribution >= 0.6 is 11.6 Å². The second kappa shape index (κ2) is 7.33. The number of aromatic hydroxyl groups is 1. The molecule has 0 heterocycles. The standard InChI is InChI=1S/C16H19ClN2O/c17-13-6-7-16(20)14(10-13)15(11-18)19-9-8-12-4-2-1-3-5-12/h4,6-7,10,15,19-20H,1-3,5,8-9H2.